The number of halogens is 1. The third-order valence-corrected chi connectivity index (χ3v) is 4.11. The normalized spacial score (nSPS) is 23.4. The first kappa shape index (κ1) is 14.5. The quantitative estimate of drug-likeness (QED) is 0.874. The minimum absolute atomic E-state index is 0.244. The molecule has 1 saturated heterocycles. The molecule has 1 aliphatic heterocycles. The fourth-order valence-electron chi connectivity index (χ4n) is 2.56. The van der Waals surface area contributed by atoms with Crippen molar-refractivity contribution in [3.05, 3.63) is 35.6 Å². The average Bonchev–Trinajstić information content (AvgIpc) is 2.91. The van der Waals surface area contributed by atoms with E-state index in [4.69, 9.17) is 16.3 Å². The number of nitrogens with zero attached hydrogens (tertiary/aromatic N) is 4. The second kappa shape index (κ2) is 6.13. The van der Waals surface area contributed by atoms with Gasteiger partial charge < -0.3 is 4.74 Å². The SMILES string of the molecule is C[C@H]1CN(Cn2ncnc2-c2ccccc2Cl)[C@@H](C)CO1. The zero-order chi connectivity index (χ0) is 14.8. The number of rotatable bonds is 3. The summed E-state index contributed by atoms with van der Waals surface area (Å²) in [4.78, 5) is 6.72. The number of benzene rings is 1. The summed E-state index contributed by atoms with van der Waals surface area (Å²) in [5.74, 6) is 0.798. The molecule has 1 aromatic heterocycles. The number of aromatic nitrogens is 3. The van der Waals surface area contributed by atoms with Gasteiger partial charge in [0.15, 0.2) is 5.82 Å². The van der Waals surface area contributed by atoms with E-state index in [2.05, 4.69) is 28.8 Å². The minimum atomic E-state index is 0.244. The summed E-state index contributed by atoms with van der Waals surface area (Å²) in [6.45, 7) is 6.59. The van der Waals surface area contributed by atoms with Gasteiger partial charge in [0.05, 0.1) is 24.4 Å². The first-order valence-corrected chi connectivity index (χ1v) is 7.51. The van der Waals surface area contributed by atoms with Crippen LogP contribution < -0.4 is 0 Å². The molecule has 1 aliphatic rings. The molecule has 0 radical (unpaired) electrons. The third-order valence-electron chi connectivity index (χ3n) is 3.78. The van der Waals surface area contributed by atoms with E-state index in [-0.39, 0.29) is 6.10 Å². The summed E-state index contributed by atoms with van der Waals surface area (Å²) in [6, 6.07) is 8.08. The molecule has 2 heterocycles. The molecule has 1 fully saturated rings. The molecule has 112 valence electrons. The summed E-state index contributed by atoms with van der Waals surface area (Å²) in [5.41, 5.74) is 0.908. The Labute approximate surface area is 129 Å². The molecular formula is C15H19ClN4O. The molecule has 0 amide bonds. The van der Waals surface area contributed by atoms with E-state index in [1.165, 1.54) is 0 Å². The maximum atomic E-state index is 6.27. The van der Waals surface area contributed by atoms with E-state index in [0.717, 1.165) is 24.5 Å². The predicted octanol–water partition coefficient (Wildman–Crippen LogP) is 2.67. The molecule has 0 saturated carbocycles. The van der Waals surface area contributed by atoms with Crippen LogP contribution in [0.25, 0.3) is 11.4 Å². The van der Waals surface area contributed by atoms with Crippen LogP contribution in [0.2, 0.25) is 5.02 Å². The fraction of sp³-hybridized carbons (Fsp3) is 0.467. The molecule has 0 bridgehead atoms. The van der Waals surface area contributed by atoms with E-state index in [1.54, 1.807) is 6.33 Å². The topological polar surface area (TPSA) is 43.2 Å². The Balaban J connectivity index is 1.84. The molecule has 0 N–H and O–H groups in total. The Morgan fingerprint density at radius 3 is 2.95 bits per heavy atom. The summed E-state index contributed by atoms with van der Waals surface area (Å²) in [5, 5.41) is 5.04. The zero-order valence-electron chi connectivity index (χ0n) is 12.2. The molecule has 2 atom stereocenters. The van der Waals surface area contributed by atoms with Gasteiger partial charge in [0.2, 0.25) is 0 Å². The lowest BCUT2D eigenvalue weighted by Gasteiger charge is -2.36. The highest BCUT2D eigenvalue weighted by Gasteiger charge is 2.24. The lowest BCUT2D eigenvalue weighted by atomic mass is 10.2. The van der Waals surface area contributed by atoms with Crippen LogP contribution in [0.5, 0.6) is 0 Å². The van der Waals surface area contributed by atoms with Crippen LogP contribution >= 0.6 is 11.6 Å². The van der Waals surface area contributed by atoms with Crippen molar-refractivity contribution in [2.45, 2.75) is 32.7 Å². The van der Waals surface area contributed by atoms with Crippen LogP contribution in [0.4, 0.5) is 0 Å². The molecule has 5 nitrogen and oxygen atoms in total. The van der Waals surface area contributed by atoms with Gasteiger partial charge in [-0.05, 0) is 26.0 Å². The molecule has 3 rings (SSSR count). The number of morpholine rings is 1. The summed E-state index contributed by atoms with van der Waals surface area (Å²) < 4.78 is 7.56. The van der Waals surface area contributed by atoms with Crippen molar-refractivity contribution in [1.82, 2.24) is 19.7 Å². The van der Waals surface area contributed by atoms with Gasteiger partial charge in [0, 0.05) is 18.2 Å². The van der Waals surface area contributed by atoms with Crippen molar-refractivity contribution >= 4 is 11.6 Å². The van der Waals surface area contributed by atoms with Gasteiger partial charge >= 0.3 is 0 Å². The molecule has 0 aliphatic carbocycles. The zero-order valence-corrected chi connectivity index (χ0v) is 13.0. The van der Waals surface area contributed by atoms with Crippen molar-refractivity contribution in [3.8, 4) is 11.4 Å². The van der Waals surface area contributed by atoms with Crippen LogP contribution in [-0.2, 0) is 11.4 Å². The Morgan fingerprint density at radius 2 is 2.14 bits per heavy atom. The number of ether oxygens (including phenoxy) is 1. The van der Waals surface area contributed by atoms with Crippen molar-refractivity contribution in [2.24, 2.45) is 0 Å². The first-order chi connectivity index (χ1) is 10.1. The van der Waals surface area contributed by atoms with Crippen molar-refractivity contribution in [1.29, 1.82) is 0 Å². The Morgan fingerprint density at radius 1 is 1.33 bits per heavy atom. The maximum absolute atomic E-state index is 6.27. The van der Waals surface area contributed by atoms with Crippen molar-refractivity contribution < 1.29 is 4.74 Å². The van der Waals surface area contributed by atoms with E-state index in [9.17, 15) is 0 Å². The second-order valence-corrected chi connectivity index (χ2v) is 5.88. The highest BCUT2D eigenvalue weighted by molar-refractivity contribution is 6.33. The van der Waals surface area contributed by atoms with E-state index < -0.39 is 0 Å². The summed E-state index contributed by atoms with van der Waals surface area (Å²) in [7, 11) is 0. The van der Waals surface area contributed by atoms with Gasteiger partial charge in [-0.25, -0.2) is 9.67 Å². The molecule has 1 aromatic carbocycles. The monoisotopic (exact) mass is 306 g/mol. The molecular weight excluding hydrogens is 288 g/mol. The maximum Gasteiger partial charge on any atom is 0.160 e. The lowest BCUT2D eigenvalue weighted by molar-refractivity contribution is -0.0620. The van der Waals surface area contributed by atoms with Gasteiger partial charge in [0.25, 0.3) is 0 Å². The van der Waals surface area contributed by atoms with Crippen LogP contribution in [0.3, 0.4) is 0 Å². The summed E-state index contributed by atoms with van der Waals surface area (Å²) >= 11 is 6.27. The van der Waals surface area contributed by atoms with Crippen LogP contribution in [0.1, 0.15) is 13.8 Å². The van der Waals surface area contributed by atoms with Gasteiger partial charge in [-0.1, -0.05) is 23.7 Å². The fourth-order valence-corrected chi connectivity index (χ4v) is 2.78. The Hall–Kier alpha value is -1.43. The molecule has 0 unspecified atom stereocenters. The van der Waals surface area contributed by atoms with Gasteiger partial charge in [-0.15, -0.1) is 0 Å². The first-order valence-electron chi connectivity index (χ1n) is 7.13. The predicted molar refractivity (Wildman–Crippen MR) is 82.1 cm³/mol. The van der Waals surface area contributed by atoms with Crippen molar-refractivity contribution in [3.63, 3.8) is 0 Å². The summed E-state index contributed by atoms with van der Waals surface area (Å²) in [6.07, 6.45) is 1.82. The van der Waals surface area contributed by atoms with E-state index >= 15 is 0 Å². The van der Waals surface area contributed by atoms with Crippen LogP contribution in [0, 0.1) is 0 Å². The Kier molecular flexibility index (Phi) is 4.24. The number of hydrogen-bond donors (Lipinski definition) is 0. The van der Waals surface area contributed by atoms with Gasteiger partial charge in [0.1, 0.15) is 6.33 Å². The Bertz CT molecular complexity index is 615. The average molecular weight is 307 g/mol. The largest absolute Gasteiger partial charge is 0.376 e. The molecule has 21 heavy (non-hydrogen) atoms. The number of hydrogen-bond acceptors (Lipinski definition) is 4. The lowest BCUT2D eigenvalue weighted by Crippen LogP contribution is -2.47. The molecule has 6 heteroatoms. The van der Waals surface area contributed by atoms with E-state index in [1.807, 2.05) is 28.9 Å². The van der Waals surface area contributed by atoms with Crippen molar-refractivity contribution in [2.75, 3.05) is 13.2 Å². The molecule has 0 spiro atoms. The minimum Gasteiger partial charge on any atom is -0.376 e. The second-order valence-electron chi connectivity index (χ2n) is 5.47. The van der Waals surface area contributed by atoms with Crippen LogP contribution in [-0.4, -0.2) is 45.0 Å². The highest BCUT2D eigenvalue weighted by Crippen LogP contribution is 2.26. The highest BCUT2D eigenvalue weighted by atomic mass is 35.5. The third kappa shape index (κ3) is 3.10. The molecule has 2 aromatic rings. The van der Waals surface area contributed by atoms with E-state index in [0.29, 0.717) is 17.7 Å². The van der Waals surface area contributed by atoms with Gasteiger partial charge in [-0.3, -0.25) is 4.90 Å². The van der Waals surface area contributed by atoms with Crippen LogP contribution in [0.15, 0.2) is 30.6 Å². The van der Waals surface area contributed by atoms with Gasteiger partial charge in [-0.2, -0.15) is 5.10 Å². The smallest absolute Gasteiger partial charge is 0.160 e. The standard InChI is InChI=1S/C15H19ClN4O/c1-11-8-21-12(2)7-19(11)10-20-15(17-9-18-20)13-5-3-4-6-14(13)16/h3-6,9,11-12H,7-8,10H2,1-2H3/t11-,12-/m0/s1.